The van der Waals surface area contributed by atoms with Crippen molar-refractivity contribution in [2.45, 2.75) is 57.2 Å². The summed E-state index contributed by atoms with van der Waals surface area (Å²) in [6, 6.07) is 0. The molecule has 0 aliphatic carbocycles. The van der Waals surface area contributed by atoms with Gasteiger partial charge in [0.2, 0.25) is 5.91 Å². The number of carbonyl (C=O) groups excluding carboxylic acids is 2. The zero-order valence-corrected chi connectivity index (χ0v) is 10.9. The van der Waals surface area contributed by atoms with Gasteiger partial charge in [-0.25, -0.2) is 4.79 Å². The van der Waals surface area contributed by atoms with Gasteiger partial charge >= 0.3 is 6.16 Å². The van der Waals surface area contributed by atoms with Crippen molar-refractivity contribution in [2.75, 3.05) is 6.61 Å². The number of hydrogen-bond acceptors (Lipinski definition) is 6. The predicted molar refractivity (Wildman–Crippen MR) is 63.1 cm³/mol. The van der Waals surface area contributed by atoms with Crippen LogP contribution in [-0.4, -0.2) is 43.3 Å². The maximum Gasteiger partial charge on any atom is 0.509 e. The molecule has 4 atom stereocenters. The molecule has 2 aliphatic rings. The summed E-state index contributed by atoms with van der Waals surface area (Å²) in [4.78, 5) is 22.0. The van der Waals surface area contributed by atoms with Crippen molar-refractivity contribution in [1.82, 2.24) is 0 Å². The van der Waals surface area contributed by atoms with E-state index in [2.05, 4.69) is 6.92 Å². The standard InChI is InChI=1S/C12H19NO6/c1-2-3-6-16-11-10-9(18-12(15)19-10)7(17-11)4-5-8(13)14/h7,9-11H,2-6H2,1H3,(H2,13,14)/t7-,9-,10-,11-/m1/s1. The van der Waals surface area contributed by atoms with Crippen LogP contribution >= 0.6 is 0 Å². The number of rotatable bonds is 7. The smallest absolute Gasteiger partial charge is 0.424 e. The molecular formula is C12H19NO6. The monoisotopic (exact) mass is 273 g/mol. The lowest BCUT2D eigenvalue weighted by Crippen LogP contribution is -2.31. The third-order valence-electron chi connectivity index (χ3n) is 3.19. The van der Waals surface area contributed by atoms with Gasteiger partial charge in [-0.2, -0.15) is 0 Å². The van der Waals surface area contributed by atoms with E-state index in [0.29, 0.717) is 13.0 Å². The zero-order valence-electron chi connectivity index (χ0n) is 10.9. The molecule has 19 heavy (non-hydrogen) atoms. The molecule has 0 aromatic carbocycles. The minimum absolute atomic E-state index is 0.174. The molecule has 108 valence electrons. The van der Waals surface area contributed by atoms with Gasteiger partial charge < -0.3 is 24.7 Å². The highest BCUT2D eigenvalue weighted by atomic mass is 16.8. The Kier molecular flexibility index (Phi) is 4.60. The molecule has 0 bridgehead atoms. The van der Waals surface area contributed by atoms with E-state index < -0.39 is 36.7 Å². The van der Waals surface area contributed by atoms with E-state index in [1.165, 1.54) is 0 Å². The molecule has 1 amide bonds. The molecule has 2 N–H and O–H groups in total. The van der Waals surface area contributed by atoms with Crippen LogP contribution in [0.2, 0.25) is 0 Å². The molecule has 0 aromatic rings. The second-order valence-electron chi connectivity index (χ2n) is 4.69. The number of amides is 1. The van der Waals surface area contributed by atoms with Crippen molar-refractivity contribution in [1.29, 1.82) is 0 Å². The van der Waals surface area contributed by atoms with Crippen LogP contribution in [0.1, 0.15) is 32.6 Å². The predicted octanol–water partition coefficient (Wildman–Crippen LogP) is 0.698. The summed E-state index contributed by atoms with van der Waals surface area (Å²) in [6.07, 6.45) is -0.350. The van der Waals surface area contributed by atoms with Gasteiger partial charge in [-0.3, -0.25) is 4.79 Å². The van der Waals surface area contributed by atoms with Crippen LogP contribution in [0.15, 0.2) is 0 Å². The summed E-state index contributed by atoms with van der Waals surface area (Å²) < 4.78 is 21.3. The van der Waals surface area contributed by atoms with Crippen molar-refractivity contribution in [3.63, 3.8) is 0 Å². The number of nitrogens with two attached hydrogens (primary N) is 1. The molecule has 2 rings (SSSR count). The lowest BCUT2D eigenvalue weighted by Gasteiger charge is -2.16. The highest BCUT2D eigenvalue weighted by Crippen LogP contribution is 2.34. The van der Waals surface area contributed by atoms with Crippen LogP contribution < -0.4 is 5.73 Å². The molecule has 2 heterocycles. The fraction of sp³-hybridized carbons (Fsp3) is 0.833. The Morgan fingerprint density at radius 1 is 1.37 bits per heavy atom. The van der Waals surface area contributed by atoms with Gasteiger partial charge in [-0.05, 0) is 12.8 Å². The second kappa shape index (κ2) is 6.21. The molecule has 0 aromatic heterocycles. The maximum absolute atomic E-state index is 11.2. The number of ether oxygens (including phenoxy) is 4. The van der Waals surface area contributed by atoms with E-state index in [1.807, 2.05) is 0 Å². The number of carbonyl (C=O) groups is 2. The van der Waals surface area contributed by atoms with Crippen LogP contribution in [0, 0.1) is 0 Å². The third-order valence-corrected chi connectivity index (χ3v) is 3.19. The van der Waals surface area contributed by atoms with Crippen LogP contribution in [0.4, 0.5) is 4.79 Å². The Morgan fingerprint density at radius 2 is 2.11 bits per heavy atom. The van der Waals surface area contributed by atoms with E-state index in [-0.39, 0.29) is 6.42 Å². The van der Waals surface area contributed by atoms with E-state index in [1.54, 1.807) is 0 Å². The first-order valence-electron chi connectivity index (χ1n) is 6.54. The minimum Gasteiger partial charge on any atom is -0.424 e. The molecule has 0 unspecified atom stereocenters. The molecular weight excluding hydrogens is 254 g/mol. The summed E-state index contributed by atoms with van der Waals surface area (Å²) in [7, 11) is 0. The van der Waals surface area contributed by atoms with Gasteiger partial charge in [0, 0.05) is 13.0 Å². The fourth-order valence-corrected chi connectivity index (χ4v) is 2.20. The third kappa shape index (κ3) is 3.36. The Bertz CT molecular complexity index is 347. The highest BCUT2D eigenvalue weighted by Gasteiger charge is 2.54. The van der Waals surface area contributed by atoms with Crippen molar-refractivity contribution >= 4 is 12.1 Å². The van der Waals surface area contributed by atoms with Crippen LogP contribution in [0.3, 0.4) is 0 Å². The lowest BCUT2D eigenvalue weighted by molar-refractivity contribution is -0.168. The normalized spacial score (nSPS) is 32.8. The SMILES string of the molecule is CCCCO[C@@H]1O[C@H](CCC(N)=O)[C@H]2OC(=O)O[C@@H]12. The Labute approximate surface area is 111 Å². The lowest BCUT2D eigenvalue weighted by atomic mass is 10.1. The van der Waals surface area contributed by atoms with Gasteiger partial charge in [-0.1, -0.05) is 13.3 Å². The van der Waals surface area contributed by atoms with Crippen molar-refractivity contribution in [3.05, 3.63) is 0 Å². The van der Waals surface area contributed by atoms with E-state index in [4.69, 9.17) is 24.7 Å². The first kappa shape index (κ1) is 14.1. The van der Waals surface area contributed by atoms with Crippen LogP contribution in [0.25, 0.3) is 0 Å². The summed E-state index contributed by atoms with van der Waals surface area (Å²) in [5.74, 6) is -0.416. The largest absolute Gasteiger partial charge is 0.509 e. The Morgan fingerprint density at radius 3 is 2.79 bits per heavy atom. The molecule has 0 spiro atoms. The van der Waals surface area contributed by atoms with Gasteiger partial charge in [0.25, 0.3) is 0 Å². The molecule has 2 saturated heterocycles. The fourth-order valence-electron chi connectivity index (χ4n) is 2.20. The number of unbranched alkanes of at least 4 members (excludes halogenated alkanes) is 1. The first-order chi connectivity index (χ1) is 9.11. The summed E-state index contributed by atoms with van der Waals surface area (Å²) in [5, 5.41) is 0. The molecule has 0 saturated carbocycles. The van der Waals surface area contributed by atoms with Gasteiger partial charge in [0.15, 0.2) is 18.5 Å². The summed E-state index contributed by atoms with van der Waals surface area (Å²) >= 11 is 0. The second-order valence-corrected chi connectivity index (χ2v) is 4.69. The van der Waals surface area contributed by atoms with Crippen LogP contribution in [-0.2, 0) is 23.7 Å². The molecule has 0 radical (unpaired) electrons. The first-order valence-corrected chi connectivity index (χ1v) is 6.54. The summed E-state index contributed by atoms with van der Waals surface area (Å²) in [6.45, 7) is 2.58. The summed E-state index contributed by atoms with van der Waals surface area (Å²) in [5.41, 5.74) is 5.10. The van der Waals surface area contributed by atoms with E-state index >= 15 is 0 Å². The Hall–Kier alpha value is -1.34. The number of primary amides is 1. The molecule has 2 fully saturated rings. The highest BCUT2D eigenvalue weighted by molar-refractivity contribution is 5.73. The van der Waals surface area contributed by atoms with Gasteiger partial charge in [0.05, 0.1) is 0 Å². The quantitative estimate of drug-likeness (QED) is 0.541. The van der Waals surface area contributed by atoms with Crippen molar-refractivity contribution in [2.24, 2.45) is 5.73 Å². The van der Waals surface area contributed by atoms with E-state index in [0.717, 1.165) is 12.8 Å². The van der Waals surface area contributed by atoms with Gasteiger partial charge in [0.1, 0.15) is 6.10 Å². The topological polar surface area (TPSA) is 97.1 Å². The average molecular weight is 273 g/mol. The van der Waals surface area contributed by atoms with Gasteiger partial charge in [-0.15, -0.1) is 0 Å². The van der Waals surface area contributed by atoms with E-state index in [9.17, 15) is 9.59 Å². The molecule has 7 nitrogen and oxygen atoms in total. The van der Waals surface area contributed by atoms with Crippen molar-refractivity contribution in [3.8, 4) is 0 Å². The van der Waals surface area contributed by atoms with Crippen LogP contribution in [0.5, 0.6) is 0 Å². The number of hydrogen-bond donors (Lipinski definition) is 1. The number of fused-ring (bicyclic) bond motifs is 1. The minimum atomic E-state index is -0.716. The maximum atomic E-state index is 11.2. The van der Waals surface area contributed by atoms with Crippen molar-refractivity contribution < 1.29 is 28.5 Å². The average Bonchev–Trinajstić information content (AvgIpc) is 2.86. The Balaban J connectivity index is 1.91. The zero-order chi connectivity index (χ0) is 13.8. The molecule has 2 aliphatic heterocycles. The molecule has 7 heteroatoms.